The minimum Gasteiger partial charge on any atom is -0.326 e. The summed E-state index contributed by atoms with van der Waals surface area (Å²) >= 11 is 0. The Morgan fingerprint density at radius 2 is 2.17 bits per heavy atom. The van der Waals surface area contributed by atoms with Crippen molar-refractivity contribution in [3.05, 3.63) is 47.3 Å². The van der Waals surface area contributed by atoms with Crippen molar-refractivity contribution in [2.75, 3.05) is 18.4 Å². The van der Waals surface area contributed by atoms with Crippen LogP contribution in [0.2, 0.25) is 0 Å². The van der Waals surface area contributed by atoms with Gasteiger partial charge in [-0.1, -0.05) is 6.07 Å². The molecule has 0 saturated carbocycles. The maximum absolute atomic E-state index is 12.7. The van der Waals surface area contributed by atoms with Crippen molar-refractivity contribution in [3.8, 4) is 0 Å². The quantitative estimate of drug-likeness (QED) is 0.909. The van der Waals surface area contributed by atoms with Crippen LogP contribution >= 0.6 is 0 Å². The largest absolute Gasteiger partial charge is 0.326 e. The molecule has 1 aliphatic heterocycles. The van der Waals surface area contributed by atoms with Crippen molar-refractivity contribution in [3.63, 3.8) is 0 Å². The zero-order chi connectivity index (χ0) is 15.8. The third-order valence-electron chi connectivity index (χ3n) is 5.07. The van der Waals surface area contributed by atoms with Crippen molar-refractivity contribution in [2.45, 2.75) is 25.2 Å². The van der Waals surface area contributed by atoms with Gasteiger partial charge in [0.2, 0.25) is 5.91 Å². The standard InChI is InChI=1S/C18H22N4O/c1-22-11-14(8-20-22)16-9-19-10-17(16)18(23)21-15-6-5-12-3-2-4-13(12)7-15/h5-8,11,16-17,19H,2-4,9-10H2,1H3,(H,21,23)/t16-,17+/m1/s1. The second kappa shape index (κ2) is 5.81. The second-order valence-corrected chi connectivity index (χ2v) is 6.64. The molecule has 120 valence electrons. The summed E-state index contributed by atoms with van der Waals surface area (Å²) in [5, 5.41) is 10.7. The molecule has 2 atom stereocenters. The van der Waals surface area contributed by atoms with Crippen LogP contribution in [-0.2, 0) is 24.7 Å². The molecule has 1 saturated heterocycles. The predicted octanol–water partition coefficient (Wildman–Crippen LogP) is 1.85. The van der Waals surface area contributed by atoms with Gasteiger partial charge in [0.05, 0.1) is 12.1 Å². The van der Waals surface area contributed by atoms with Crippen molar-refractivity contribution in [2.24, 2.45) is 13.0 Å². The molecule has 0 spiro atoms. The summed E-state index contributed by atoms with van der Waals surface area (Å²) in [7, 11) is 1.91. The van der Waals surface area contributed by atoms with Gasteiger partial charge in [-0.25, -0.2) is 0 Å². The third kappa shape index (κ3) is 2.77. The van der Waals surface area contributed by atoms with E-state index in [2.05, 4.69) is 27.9 Å². The molecule has 1 fully saturated rings. The molecular formula is C18H22N4O. The molecular weight excluding hydrogens is 288 g/mol. The SMILES string of the molecule is Cn1cc([C@H]2CNC[C@@H]2C(=O)Nc2ccc3c(c2)CCC3)cn1. The Morgan fingerprint density at radius 3 is 3.00 bits per heavy atom. The lowest BCUT2D eigenvalue weighted by molar-refractivity contribution is -0.119. The zero-order valence-electron chi connectivity index (χ0n) is 13.4. The monoisotopic (exact) mass is 310 g/mol. The number of nitrogens with one attached hydrogen (secondary N) is 2. The van der Waals surface area contributed by atoms with E-state index in [1.165, 1.54) is 24.0 Å². The average Bonchev–Trinajstić information content (AvgIpc) is 3.26. The summed E-state index contributed by atoms with van der Waals surface area (Å²) in [6.45, 7) is 1.55. The third-order valence-corrected chi connectivity index (χ3v) is 5.07. The van der Waals surface area contributed by atoms with E-state index in [0.717, 1.165) is 30.8 Å². The van der Waals surface area contributed by atoms with Gasteiger partial charge in [0.15, 0.2) is 0 Å². The number of aromatic nitrogens is 2. The molecule has 4 rings (SSSR count). The van der Waals surface area contributed by atoms with Crippen LogP contribution in [0.1, 0.15) is 29.0 Å². The van der Waals surface area contributed by atoms with Crippen LogP contribution in [0.25, 0.3) is 0 Å². The Labute approximate surface area is 136 Å². The maximum Gasteiger partial charge on any atom is 0.229 e. The van der Waals surface area contributed by atoms with Crippen LogP contribution in [-0.4, -0.2) is 28.8 Å². The Hall–Kier alpha value is -2.14. The van der Waals surface area contributed by atoms with E-state index >= 15 is 0 Å². The number of benzene rings is 1. The Morgan fingerprint density at radius 1 is 1.30 bits per heavy atom. The van der Waals surface area contributed by atoms with Crippen LogP contribution < -0.4 is 10.6 Å². The highest BCUT2D eigenvalue weighted by Gasteiger charge is 2.34. The van der Waals surface area contributed by atoms with Gasteiger partial charge in [-0.15, -0.1) is 0 Å². The van der Waals surface area contributed by atoms with Gasteiger partial charge >= 0.3 is 0 Å². The number of amides is 1. The number of nitrogens with zero attached hydrogens (tertiary/aromatic N) is 2. The van der Waals surface area contributed by atoms with E-state index in [4.69, 9.17) is 0 Å². The molecule has 23 heavy (non-hydrogen) atoms. The van der Waals surface area contributed by atoms with Crippen LogP contribution in [0.5, 0.6) is 0 Å². The van der Waals surface area contributed by atoms with Gasteiger partial charge in [-0.05, 0) is 48.1 Å². The van der Waals surface area contributed by atoms with Gasteiger partial charge in [0.25, 0.3) is 0 Å². The summed E-state index contributed by atoms with van der Waals surface area (Å²) < 4.78 is 1.79. The predicted molar refractivity (Wildman–Crippen MR) is 89.4 cm³/mol. The lowest BCUT2D eigenvalue weighted by Crippen LogP contribution is -2.28. The summed E-state index contributed by atoms with van der Waals surface area (Å²) in [5.74, 6) is 0.243. The highest BCUT2D eigenvalue weighted by atomic mass is 16.1. The number of fused-ring (bicyclic) bond motifs is 1. The van der Waals surface area contributed by atoms with Gasteiger partial charge < -0.3 is 10.6 Å². The van der Waals surface area contributed by atoms with E-state index in [1.807, 2.05) is 25.5 Å². The molecule has 0 bridgehead atoms. The van der Waals surface area contributed by atoms with Crippen LogP contribution in [0.3, 0.4) is 0 Å². The number of hydrogen-bond donors (Lipinski definition) is 2. The van der Waals surface area contributed by atoms with Crippen molar-refractivity contribution < 1.29 is 4.79 Å². The average molecular weight is 310 g/mol. The molecule has 1 aromatic heterocycles. The van der Waals surface area contributed by atoms with Gasteiger partial charge in [-0.2, -0.15) is 5.10 Å². The van der Waals surface area contributed by atoms with Crippen LogP contribution in [0.4, 0.5) is 5.69 Å². The Balaban J connectivity index is 1.50. The first-order chi connectivity index (χ1) is 11.2. The van der Waals surface area contributed by atoms with E-state index in [0.29, 0.717) is 0 Å². The fourth-order valence-electron chi connectivity index (χ4n) is 3.82. The van der Waals surface area contributed by atoms with E-state index in [9.17, 15) is 4.79 Å². The topological polar surface area (TPSA) is 59.0 Å². The lowest BCUT2D eigenvalue weighted by atomic mass is 9.90. The molecule has 1 aliphatic carbocycles. The minimum absolute atomic E-state index is 0.0487. The summed E-state index contributed by atoms with van der Waals surface area (Å²) in [4.78, 5) is 12.7. The van der Waals surface area contributed by atoms with E-state index < -0.39 is 0 Å². The number of hydrogen-bond acceptors (Lipinski definition) is 3. The number of carbonyl (C=O) groups is 1. The highest BCUT2D eigenvalue weighted by Crippen LogP contribution is 2.30. The summed E-state index contributed by atoms with van der Waals surface area (Å²) in [6.07, 6.45) is 7.39. The molecule has 5 nitrogen and oxygen atoms in total. The minimum atomic E-state index is -0.0487. The summed E-state index contributed by atoms with van der Waals surface area (Å²) in [5.41, 5.74) is 4.87. The molecule has 1 aromatic carbocycles. The van der Waals surface area contributed by atoms with Gasteiger partial charge in [0.1, 0.15) is 0 Å². The second-order valence-electron chi connectivity index (χ2n) is 6.64. The summed E-state index contributed by atoms with van der Waals surface area (Å²) in [6, 6.07) is 6.33. The first kappa shape index (κ1) is 14.5. The fraction of sp³-hybridized carbons (Fsp3) is 0.444. The number of aryl methyl sites for hydroxylation is 3. The van der Waals surface area contributed by atoms with Gasteiger partial charge in [-0.3, -0.25) is 9.48 Å². The zero-order valence-corrected chi connectivity index (χ0v) is 13.4. The van der Waals surface area contributed by atoms with Gasteiger partial charge in [0, 0.05) is 37.9 Å². The van der Waals surface area contributed by atoms with Crippen molar-refractivity contribution in [1.82, 2.24) is 15.1 Å². The Bertz CT molecular complexity index is 736. The molecule has 2 aromatic rings. The molecule has 1 amide bonds. The molecule has 2 N–H and O–H groups in total. The highest BCUT2D eigenvalue weighted by molar-refractivity contribution is 5.93. The van der Waals surface area contributed by atoms with E-state index in [-0.39, 0.29) is 17.7 Å². The van der Waals surface area contributed by atoms with E-state index in [1.54, 1.807) is 4.68 Å². The molecule has 0 unspecified atom stereocenters. The number of anilines is 1. The normalized spacial score (nSPS) is 23.0. The number of carbonyl (C=O) groups excluding carboxylic acids is 1. The number of rotatable bonds is 3. The molecule has 5 heteroatoms. The van der Waals surface area contributed by atoms with Crippen molar-refractivity contribution >= 4 is 11.6 Å². The van der Waals surface area contributed by atoms with Crippen molar-refractivity contribution in [1.29, 1.82) is 0 Å². The molecule has 2 aliphatic rings. The van der Waals surface area contributed by atoms with Crippen LogP contribution in [0.15, 0.2) is 30.6 Å². The lowest BCUT2D eigenvalue weighted by Gasteiger charge is -2.17. The maximum atomic E-state index is 12.7. The first-order valence-corrected chi connectivity index (χ1v) is 8.32. The molecule has 2 heterocycles. The Kier molecular flexibility index (Phi) is 3.65. The molecule has 0 radical (unpaired) electrons. The van der Waals surface area contributed by atoms with Crippen LogP contribution in [0, 0.1) is 5.92 Å². The fourth-order valence-corrected chi connectivity index (χ4v) is 3.82. The smallest absolute Gasteiger partial charge is 0.229 e. The first-order valence-electron chi connectivity index (χ1n) is 8.32.